The summed E-state index contributed by atoms with van der Waals surface area (Å²) >= 11 is 7.80. The average Bonchev–Trinajstić information content (AvgIpc) is 3.18. The number of ether oxygens (including phenoxy) is 2. The maximum Gasteiger partial charge on any atom is 0.338 e. The molecule has 0 amide bonds. The quantitative estimate of drug-likeness (QED) is 0.430. The van der Waals surface area contributed by atoms with Crippen LogP contribution in [-0.2, 0) is 4.74 Å². The number of carbonyl (C=O) groups is 1. The SMILES string of the molecule is CCOC(=O)c1cccc(OCCC2CCN(c3nc4ccc(Cl)cc4s3)CC2)c1. The lowest BCUT2D eigenvalue weighted by atomic mass is 9.94. The molecule has 4 rings (SSSR count). The molecule has 0 atom stereocenters. The molecule has 0 radical (unpaired) electrons. The molecular weight excluding hydrogens is 420 g/mol. The fourth-order valence-electron chi connectivity index (χ4n) is 3.71. The number of thiazole rings is 1. The number of halogens is 1. The van der Waals surface area contributed by atoms with Gasteiger partial charge in [-0.2, -0.15) is 0 Å². The third kappa shape index (κ3) is 5.05. The zero-order valence-corrected chi connectivity index (χ0v) is 18.5. The van der Waals surface area contributed by atoms with Crippen LogP contribution in [0.1, 0.15) is 36.5 Å². The minimum absolute atomic E-state index is 0.313. The summed E-state index contributed by atoms with van der Waals surface area (Å²) < 4.78 is 12.1. The highest BCUT2D eigenvalue weighted by Crippen LogP contribution is 2.33. The van der Waals surface area contributed by atoms with E-state index in [9.17, 15) is 4.79 Å². The Morgan fingerprint density at radius 3 is 2.87 bits per heavy atom. The van der Waals surface area contributed by atoms with Gasteiger partial charge in [-0.3, -0.25) is 0 Å². The molecule has 7 heteroatoms. The molecule has 0 bridgehead atoms. The molecule has 0 spiro atoms. The highest BCUT2D eigenvalue weighted by Gasteiger charge is 2.21. The molecule has 1 saturated heterocycles. The van der Waals surface area contributed by atoms with E-state index >= 15 is 0 Å². The second kappa shape index (κ2) is 9.67. The lowest BCUT2D eigenvalue weighted by molar-refractivity contribution is 0.0526. The number of nitrogens with zero attached hydrogens (tertiary/aromatic N) is 2. The van der Waals surface area contributed by atoms with Gasteiger partial charge in [-0.15, -0.1) is 0 Å². The summed E-state index contributed by atoms with van der Waals surface area (Å²) in [6.45, 7) is 4.84. The molecule has 30 heavy (non-hydrogen) atoms. The number of hydrogen-bond donors (Lipinski definition) is 0. The Hall–Kier alpha value is -2.31. The second-order valence-corrected chi connectivity index (χ2v) is 8.87. The van der Waals surface area contributed by atoms with Crippen LogP contribution in [-0.4, -0.2) is 37.3 Å². The van der Waals surface area contributed by atoms with Crippen LogP contribution in [0.5, 0.6) is 5.75 Å². The average molecular weight is 445 g/mol. The van der Waals surface area contributed by atoms with Gasteiger partial charge in [0.25, 0.3) is 0 Å². The normalized spacial score (nSPS) is 14.8. The fraction of sp³-hybridized carbons (Fsp3) is 0.391. The number of benzene rings is 2. The van der Waals surface area contributed by atoms with Crippen molar-refractivity contribution in [2.75, 3.05) is 31.2 Å². The van der Waals surface area contributed by atoms with Crippen molar-refractivity contribution >= 4 is 44.3 Å². The number of esters is 1. The molecule has 0 unspecified atom stereocenters. The number of carbonyl (C=O) groups excluding carboxylic acids is 1. The first kappa shape index (κ1) is 20.9. The molecule has 158 valence electrons. The maximum atomic E-state index is 11.8. The van der Waals surface area contributed by atoms with Crippen molar-refractivity contribution in [3.63, 3.8) is 0 Å². The van der Waals surface area contributed by atoms with E-state index in [2.05, 4.69) is 4.90 Å². The summed E-state index contributed by atoms with van der Waals surface area (Å²) in [7, 11) is 0. The van der Waals surface area contributed by atoms with Crippen LogP contribution in [0.3, 0.4) is 0 Å². The molecule has 1 aromatic heterocycles. The van der Waals surface area contributed by atoms with Crippen LogP contribution in [0.25, 0.3) is 10.2 Å². The van der Waals surface area contributed by atoms with E-state index in [1.807, 2.05) is 30.3 Å². The second-order valence-electron chi connectivity index (χ2n) is 7.42. The van der Waals surface area contributed by atoms with Gasteiger partial charge in [0, 0.05) is 18.1 Å². The summed E-state index contributed by atoms with van der Waals surface area (Å²) in [4.78, 5) is 19.0. The Balaban J connectivity index is 1.25. The molecule has 1 fully saturated rings. The fourth-order valence-corrected chi connectivity index (χ4v) is 5.00. The van der Waals surface area contributed by atoms with Crippen molar-refractivity contribution in [3.8, 4) is 5.75 Å². The zero-order chi connectivity index (χ0) is 20.9. The van der Waals surface area contributed by atoms with E-state index in [0.717, 1.165) is 52.7 Å². The predicted octanol–water partition coefficient (Wildman–Crippen LogP) is 5.81. The minimum atomic E-state index is -0.313. The molecule has 2 aromatic carbocycles. The lowest BCUT2D eigenvalue weighted by Gasteiger charge is -2.31. The molecule has 5 nitrogen and oxygen atoms in total. The van der Waals surface area contributed by atoms with Gasteiger partial charge in [0.15, 0.2) is 5.13 Å². The topological polar surface area (TPSA) is 51.7 Å². The molecule has 1 aliphatic rings. The Morgan fingerprint density at radius 2 is 2.07 bits per heavy atom. The molecule has 2 heterocycles. The van der Waals surface area contributed by atoms with Gasteiger partial charge in [0.2, 0.25) is 0 Å². The van der Waals surface area contributed by atoms with Crippen molar-refractivity contribution in [1.82, 2.24) is 4.98 Å². The van der Waals surface area contributed by atoms with Crippen LogP contribution in [0.4, 0.5) is 5.13 Å². The van der Waals surface area contributed by atoms with E-state index < -0.39 is 0 Å². The summed E-state index contributed by atoms with van der Waals surface area (Å²) in [6, 6.07) is 13.1. The number of fused-ring (bicyclic) bond motifs is 1. The first-order valence-corrected chi connectivity index (χ1v) is 11.5. The molecule has 0 N–H and O–H groups in total. The third-order valence-corrected chi connectivity index (χ3v) is 6.68. The van der Waals surface area contributed by atoms with Gasteiger partial charge >= 0.3 is 5.97 Å². The smallest absolute Gasteiger partial charge is 0.338 e. The van der Waals surface area contributed by atoms with Crippen LogP contribution in [0.15, 0.2) is 42.5 Å². The van der Waals surface area contributed by atoms with E-state index in [1.54, 1.807) is 30.4 Å². The van der Waals surface area contributed by atoms with Gasteiger partial charge < -0.3 is 14.4 Å². The van der Waals surface area contributed by atoms with Gasteiger partial charge in [-0.25, -0.2) is 9.78 Å². The third-order valence-electron chi connectivity index (χ3n) is 5.36. The van der Waals surface area contributed by atoms with Gasteiger partial charge in [0.05, 0.1) is 29.0 Å². The number of aromatic nitrogens is 1. The van der Waals surface area contributed by atoms with Gasteiger partial charge in [0.1, 0.15) is 5.75 Å². The number of piperidine rings is 1. The highest BCUT2D eigenvalue weighted by atomic mass is 35.5. The first-order chi connectivity index (χ1) is 14.6. The number of hydrogen-bond acceptors (Lipinski definition) is 6. The van der Waals surface area contributed by atoms with Crippen molar-refractivity contribution in [2.24, 2.45) is 5.92 Å². The Kier molecular flexibility index (Phi) is 6.75. The van der Waals surface area contributed by atoms with Crippen LogP contribution in [0, 0.1) is 5.92 Å². The lowest BCUT2D eigenvalue weighted by Crippen LogP contribution is -2.34. The largest absolute Gasteiger partial charge is 0.494 e. The van der Waals surface area contributed by atoms with E-state index in [-0.39, 0.29) is 5.97 Å². The molecule has 3 aromatic rings. The minimum Gasteiger partial charge on any atom is -0.494 e. The van der Waals surface area contributed by atoms with Gasteiger partial charge in [-0.05, 0) is 68.5 Å². The van der Waals surface area contributed by atoms with Crippen LogP contribution >= 0.6 is 22.9 Å². The van der Waals surface area contributed by atoms with Crippen molar-refractivity contribution in [3.05, 3.63) is 53.1 Å². The zero-order valence-electron chi connectivity index (χ0n) is 17.0. The summed E-state index contributed by atoms with van der Waals surface area (Å²) in [5.41, 5.74) is 1.54. The van der Waals surface area contributed by atoms with Crippen molar-refractivity contribution in [2.45, 2.75) is 26.2 Å². The number of rotatable bonds is 7. The summed E-state index contributed by atoms with van der Waals surface area (Å²) in [5.74, 6) is 1.04. The standard InChI is InChI=1S/C23H25ClN2O3S/c1-2-28-22(27)17-4-3-5-19(14-17)29-13-10-16-8-11-26(12-9-16)23-25-20-7-6-18(24)15-21(20)30-23/h3-7,14-16H,2,8-13H2,1H3. The van der Waals surface area contributed by atoms with Crippen LogP contribution < -0.4 is 9.64 Å². The maximum absolute atomic E-state index is 11.8. The number of anilines is 1. The molecular formula is C23H25ClN2O3S. The Morgan fingerprint density at radius 1 is 1.23 bits per heavy atom. The van der Waals surface area contributed by atoms with E-state index in [0.29, 0.717) is 30.4 Å². The Labute approximate surface area is 185 Å². The van der Waals surface area contributed by atoms with E-state index in [4.69, 9.17) is 26.1 Å². The highest BCUT2D eigenvalue weighted by molar-refractivity contribution is 7.22. The monoisotopic (exact) mass is 444 g/mol. The van der Waals surface area contributed by atoms with E-state index in [1.165, 1.54) is 0 Å². The summed E-state index contributed by atoms with van der Waals surface area (Å²) in [6.07, 6.45) is 3.26. The molecule has 0 aliphatic carbocycles. The molecule has 1 aliphatic heterocycles. The first-order valence-electron chi connectivity index (χ1n) is 10.3. The molecule has 0 saturated carbocycles. The van der Waals surface area contributed by atoms with Crippen molar-refractivity contribution in [1.29, 1.82) is 0 Å². The Bertz CT molecular complexity index is 1010. The summed E-state index contributed by atoms with van der Waals surface area (Å²) in [5, 5.41) is 1.84. The van der Waals surface area contributed by atoms with Crippen molar-refractivity contribution < 1.29 is 14.3 Å². The predicted molar refractivity (Wildman–Crippen MR) is 122 cm³/mol. The van der Waals surface area contributed by atoms with Crippen LogP contribution in [0.2, 0.25) is 5.02 Å². The van der Waals surface area contributed by atoms with Gasteiger partial charge in [-0.1, -0.05) is 29.0 Å².